The Morgan fingerprint density at radius 2 is 2.29 bits per heavy atom. The second-order valence-electron chi connectivity index (χ2n) is 6.61. The predicted molar refractivity (Wildman–Crippen MR) is 90.7 cm³/mol. The summed E-state index contributed by atoms with van der Waals surface area (Å²) in [6.07, 6.45) is 5.73. The molecular formula is C18H20N4O2. The van der Waals surface area contributed by atoms with Gasteiger partial charge in [-0.2, -0.15) is 5.10 Å². The summed E-state index contributed by atoms with van der Waals surface area (Å²) in [5.41, 5.74) is 1.95. The van der Waals surface area contributed by atoms with Gasteiger partial charge in [-0.1, -0.05) is 0 Å². The minimum Gasteiger partial charge on any atom is -0.463 e. The number of hydrogen-bond acceptors (Lipinski definition) is 4. The average molecular weight is 324 g/mol. The molecule has 0 spiro atoms. The van der Waals surface area contributed by atoms with Gasteiger partial charge in [-0.25, -0.2) is 9.67 Å². The van der Waals surface area contributed by atoms with Crippen molar-refractivity contribution in [1.29, 1.82) is 0 Å². The number of nitrogens with zero attached hydrogens (tertiary/aromatic N) is 3. The van der Waals surface area contributed by atoms with Crippen molar-refractivity contribution in [2.24, 2.45) is 5.92 Å². The summed E-state index contributed by atoms with van der Waals surface area (Å²) < 4.78 is 7.30. The minimum absolute atomic E-state index is 0.0783. The maximum Gasteiger partial charge on any atom is 0.252 e. The molecule has 3 aromatic rings. The Morgan fingerprint density at radius 1 is 1.46 bits per heavy atom. The maximum absolute atomic E-state index is 12.7. The highest BCUT2D eigenvalue weighted by Gasteiger charge is 2.24. The fraction of sp³-hybridized carbons (Fsp3) is 0.389. The smallest absolute Gasteiger partial charge is 0.252 e. The number of nitrogens with one attached hydrogen (secondary N) is 1. The van der Waals surface area contributed by atoms with Gasteiger partial charge < -0.3 is 9.73 Å². The van der Waals surface area contributed by atoms with Crippen molar-refractivity contribution < 1.29 is 9.21 Å². The second-order valence-corrected chi connectivity index (χ2v) is 6.61. The van der Waals surface area contributed by atoms with Crippen molar-refractivity contribution in [1.82, 2.24) is 20.1 Å². The van der Waals surface area contributed by atoms with Crippen LogP contribution in [0.2, 0.25) is 0 Å². The largest absolute Gasteiger partial charge is 0.463 e. The molecule has 6 heteroatoms. The van der Waals surface area contributed by atoms with Crippen molar-refractivity contribution in [2.45, 2.75) is 32.7 Å². The number of fused-ring (bicyclic) bond motifs is 1. The molecule has 1 fully saturated rings. The third-order valence-electron chi connectivity index (χ3n) is 4.32. The molecule has 1 N–H and O–H groups in total. The lowest BCUT2D eigenvalue weighted by atomic mass is 10.1. The highest BCUT2D eigenvalue weighted by Crippen LogP contribution is 2.29. The third-order valence-corrected chi connectivity index (χ3v) is 4.32. The molecule has 1 amide bonds. The van der Waals surface area contributed by atoms with E-state index in [4.69, 9.17) is 4.42 Å². The van der Waals surface area contributed by atoms with Gasteiger partial charge in [-0.15, -0.1) is 0 Å². The number of hydrogen-bond donors (Lipinski definition) is 1. The highest BCUT2D eigenvalue weighted by molar-refractivity contribution is 6.06. The van der Waals surface area contributed by atoms with Crippen LogP contribution in [0.4, 0.5) is 0 Å². The van der Waals surface area contributed by atoms with Gasteiger partial charge in [0.2, 0.25) is 0 Å². The van der Waals surface area contributed by atoms with Crippen molar-refractivity contribution in [3.63, 3.8) is 0 Å². The van der Waals surface area contributed by atoms with E-state index in [1.54, 1.807) is 18.5 Å². The molecule has 24 heavy (non-hydrogen) atoms. The van der Waals surface area contributed by atoms with Crippen molar-refractivity contribution in [2.75, 3.05) is 6.54 Å². The molecule has 0 radical (unpaired) electrons. The zero-order chi connectivity index (χ0) is 16.7. The van der Waals surface area contributed by atoms with Crippen LogP contribution >= 0.6 is 0 Å². The number of amides is 1. The quantitative estimate of drug-likeness (QED) is 0.780. The van der Waals surface area contributed by atoms with E-state index in [0.717, 1.165) is 11.9 Å². The fourth-order valence-corrected chi connectivity index (χ4v) is 2.79. The lowest BCUT2D eigenvalue weighted by Gasteiger charge is -2.10. The highest BCUT2D eigenvalue weighted by atomic mass is 16.3. The molecule has 0 saturated heterocycles. The van der Waals surface area contributed by atoms with Crippen LogP contribution in [0.1, 0.15) is 43.1 Å². The number of pyridine rings is 1. The summed E-state index contributed by atoms with van der Waals surface area (Å²) in [7, 11) is 0. The molecule has 0 unspecified atom stereocenters. The van der Waals surface area contributed by atoms with Crippen molar-refractivity contribution in [3.05, 3.63) is 36.2 Å². The Hall–Kier alpha value is -2.63. The van der Waals surface area contributed by atoms with Gasteiger partial charge in [-0.05, 0) is 50.8 Å². The lowest BCUT2D eigenvalue weighted by Crippen LogP contribution is -2.25. The molecule has 0 bridgehead atoms. The first kappa shape index (κ1) is 14.9. The van der Waals surface area contributed by atoms with Crippen LogP contribution in [-0.2, 0) is 0 Å². The van der Waals surface area contributed by atoms with Gasteiger partial charge in [0.05, 0.1) is 23.4 Å². The Kier molecular flexibility index (Phi) is 3.59. The molecule has 3 aromatic heterocycles. The predicted octanol–water partition coefficient (Wildman–Crippen LogP) is 3.41. The van der Waals surface area contributed by atoms with Gasteiger partial charge in [0.1, 0.15) is 5.69 Å². The summed E-state index contributed by atoms with van der Waals surface area (Å²) >= 11 is 0. The number of rotatable bonds is 5. The summed E-state index contributed by atoms with van der Waals surface area (Å²) in [6, 6.07) is 5.60. The summed E-state index contributed by atoms with van der Waals surface area (Å²) in [5, 5.41) is 8.21. The molecule has 4 rings (SSSR count). The molecule has 3 heterocycles. The van der Waals surface area contributed by atoms with Gasteiger partial charge in [0, 0.05) is 12.6 Å². The first-order chi connectivity index (χ1) is 11.6. The SMILES string of the molecule is CC(C)n1ncc2c(C(=O)NCC3CC3)cc(-c3ccco3)nc21. The first-order valence-corrected chi connectivity index (χ1v) is 8.34. The van der Waals surface area contributed by atoms with Crippen LogP contribution in [0.5, 0.6) is 0 Å². The normalized spacial score (nSPS) is 14.5. The van der Waals surface area contributed by atoms with E-state index >= 15 is 0 Å². The molecule has 1 aliphatic rings. The monoisotopic (exact) mass is 324 g/mol. The topological polar surface area (TPSA) is 73.0 Å². The Morgan fingerprint density at radius 3 is 2.96 bits per heavy atom. The molecular weight excluding hydrogens is 304 g/mol. The summed E-state index contributed by atoms with van der Waals surface area (Å²) in [6.45, 7) is 4.82. The van der Waals surface area contributed by atoms with Gasteiger partial charge in [0.15, 0.2) is 11.4 Å². The van der Waals surface area contributed by atoms with E-state index in [0.29, 0.717) is 28.6 Å². The van der Waals surface area contributed by atoms with Crippen molar-refractivity contribution >= 4 is 16.9 Å². The first-order valence-electron chi connectivity index (χ1n) is 8.34. The Balaban J connectivity index is 1.81. The van der Waals surface area contributed by atoms with Crippen LogP contribution in [0.15, 0.2) is 35.1 Å². The minimum atomic E-state index is -0.0783. The number of furan rings is 1. The molecule has 124 valence electrons. The average Bonchev–Trinajstić information content (AvgIpc) is 3.07. The van der Waals surface area contributed by atoms with Gasteiger partial charge in [0.25, 0.3) is 5.91 Å². The zero-order valence-electron chi connectivity index (χ0n) is 13.8. The Labute approximate surface area is 139 Å². The molecule has 6 nitrogen and oxygen atoms in total. The molecule has 0 aromatic carbocycles. The number of carbonyl (C=O) groups excluding carboxylic acids is 1. The molecule has 1 aliphatic carbocycles. The van der Waals surface area contributed by atoms with Crippen molar-refractivity contribution in [3.8, 4) is 11.5 Å². The van der Waals surface area contributed by atoms with E-state index in [1.165, 1.54) is 12.8 Å². The second kappa shape index (κ2) is 5.78. The van der Waals surface area contributed by atoms with Gasteiger partial charge in [-0.3, -0.25) is 4.79 Å². The zero-order valence-corrected chi connectivity index (χ0v) is 13.8. The van der Waals surface area contributed by atoms with Crippen LogP contribution < -0.4 is 5.32 Å². The van der Waals surface area contributed by atoms with E-state index in [1.807, 2.05) is 30.7 Å². The fourth-order valence-electron chi connectivity index (χ4n) is 2.79. The van der Waals surface area contributed by atoms with Crippen LogP contribution in [0, 0.1) is 5.92 Å². The third kappa shape index (κ3) is 2.68. The van der Waals surface area contributed by atoms with E-state index < -0.39 is 0 Å². The molecule has 0 atom stereocenters. The van der Waals surface area contributed by atoms with Crippen LogP contribution in [0.25, 0.3) is 22.5 Å². The number of aromatic nitrogens is 3. The van der Waals surface area contributed by atoms with Crippen LogP contribution in [0.3, 0.4) is 0 Å². The van der Waals surface area contributed by atoms with Crippen LogP contribution in [-0.4, -0.2) is 27.2 Å². The van der Waals surface area contributed by atoms with E-state index in [2.05, 4.69) is 15.4 Å². The van der Waals surface area contributed by atoms with E-state index in [-0.39, 0.29) is 11.9 Å². The summed E-state index contributed by atoms with van der Waals surface area (Å²) in [5.74, 6) is 1.20. The lowest BCUT2D eigenvalue weighted by molar-refractivity contribution is 0.0953. The van der Waals surface area contributed by atoms with E-state index in [9.17, 15) is 4.79 Å². The Bertz CT molecular complexity index is 876. The summed E-state index contributed by atoms with van der Waals surface area (Å²) in [4.78, 5) is 17.4. The van der Waals surface area contributed by atoms with Gasteiger partial charge >= 0.3 is 0 Å². The standard InChI is InChI=1S/C18H20N4O2/c1-11(2)22-17-14(10-20-22)13(18(23)19-9-12-5-6-12)8-15(21-17)16-4-3-7-24-16/h3-4,7-8,10-12H,5-6,9H2,1-2H3,(H,19,23). The number of carbonyl (C=O) groups is 1. The maximum atomic E-state index is 12.7. The molecule has 1 saturated carbocycles. The molecule has 0 aliphatic heterocycles.